The molecule has 0 aliphatic rings. The second-order valence-electron chi connectivity index (χ2n) is 4.09. The molecule has 0 fully saturated rings. The Labute approximate surface area is 128 Å². The number of hydrogen-bond donors (Lipinski definition) is 2. The summed E-state index contributed by atoms with van der Waals surface area (Å²) in [4.78, 5) is 4.12. The minimum atomic E-state index is -4.94. The van der Waals surface area contributed by atoms with Crippen LogP contribution >= 0.6 is 0 Å². The highest BCUT2D eigenvalue weighted by molar-refractivity contribution is 5.36. The molecule has 10 heteroatoms. The van der Waals surface area contributed by atoms with Gasteiger partial charge in [0.25, 0.3) is 0 Å². The largest absolute Gasteiger partial charge is 0.489 e. The highest BCUT2D eigenvalue weighted by Crippen LogP contribution is 2.13. The molecule has 0 radical (unpaired) electrons. The van der Waals surface area contributed by atoms with Crippen LogP contribution < -0.4 is 39.6 Å². The molecule has 0 saturated heterocycles. The molecule has 0 amide bonds. The van der Waals surface area contributed by atoms with Crippen LogP contribution in [-0.2, 0) is 6.61 Å². The Bertz CT molecular complexity index is 600. The molecule has 4 N–H and O–H groups in total. The average molecular weight is 331 g/mol. The Hall–Kier alpha value is -2.17. The van der Waals surface area contributed by atoms with E-state index in [1.165, 1.54) is 4.68 Å². The molecule has 0 aliphatic heterocycles. The lowest BCUT2D eigenvalue weighted by molar-refractivity contribution is -2.00. The first-order valence-corrected chi connectivity index (χ1v) is 7.12. The van der Waals surface area contributed by atoms with Crippen LogP contribution in [-0.4, -0.2) is 4.98 Å². The first-order valence-electron chi connectivity index (χ1n) is 5.89. The van der Waals surface area contributed by atoms with Crippen LogP contribution in [0.5, 0.6) is 5.75 Å². The fraction of sp³-hybridized carbons (Fsp3) is 0.167. The number of nitrogens with two attached hydrogens (primary N) is 2. The summed E-state index contributed by atoms with van der Waals surface area (Å²) < 4.78 is 41.0. The lowest BCUT2D eigenvalue weighted by Crippen LogP contribution is -2.68. The third-order valence-corrected chi connectivity index (χ3v) is 2.42. The number of rotatable bonds is 3. The van der Waals surface area contributed by atoms with Crippen molar-refractivity contribution in [3.8, 4) is 5.75 Å². The Morgan fingerprint density at radius 1 is 1.18 bits per heavy atom. The number of para-hydroxylation sites is 1. The molecule has 9 nitrogen and oxygen atoms in total. The molecule has 0 saturated carbocycles. The van der Waals surface area contributed by atoms with Crippen molar-refractivity contribution in [3.63, 3.8) is 0 Å². The molecule has 22 heavy (non-hydrogen) atoms. The van der Waals surface area contributed by atoms with Crippen LogP contribution in [0.1, 0.15) is 11.4 Å². The predicted octanol–water partition coefficient (Wildman–Crippen LogP) is -4.20. The van der Waals surface area contributed by atoms with Gasteiger partial charge in [-0.3, -0.25) is 5.84 Å². The minimum Gasteiger partial charge on any atom is -0.489 e. The number of hydrogen-bond acceptors (Lipinski definition) is 8. The van der Waals surface area contributed by atoms with Crippen LogP contribution in [0.4, 0.5) is 5.82 Å². The predicted molar refractivity (Wildman–Crippen MR) is 64.5 cm³/mol. The summed E-state index contributed by atoms with van der Waals surface area (Å²) in [5.41, 5.74) is 6.56. The van der Waals surface area contributed by atoms with Gasteiger partial charge in [-0.1, -0.05) is 18.2 Å². The summed E-state index contributed by atoms with van der Waals surface area (Å²) in [6.07, 6.45) is 1.72. The molecule has 0 aliphatic carbocycles. The zero-order valence-electron chi connectivity index (χ0n) is 11.6. The van der Waals surface area contributed by atoms with Crippen LogP contribution in [0.2, 0.25) is 0 Å². The lowest BCUT2D eigenvalue weighted by atomic mass is 10.3. The molecule has 2 aromatic rings. The third-order valence-electron chi connectivity index (χ3n) is 2.42. The molecular weight excluding hydrogens is 316 g/mol. The van der Waals surface area contributed by atoms with Gasteiger partial charge in [-0.15, -0.1) is 14.9 Å². The molecule has 1 aromatic heterocycles. The van der Waals surface area contributed by atoms with Crippen molar-refractivity contribution >= 4 is 5.82 Å². The van der Waals surface area contributed by atoms with Gasteiger partial charge in [0.15, 0.2) is 0 Å². The second-order valence-corrected chi connectivity index (χ2v) is 4.84. The van der Waals surface area contributed by atoms with Crippen molar-refractivity contribution in [2.24, 2.45) is 0 Å². The Morgan fingerprint density at radius 3 is 2.27 bits per heavy atom. The van der Waals surface area contributed by atoms with Gasteiger partial charge in [0.2, 0.25) is 5.82 Å². The normalized spacial score (nSPS) is 10.6. The molecule has 1 aromatic carbocycles. The molecule has 120 valence electrons. The number of nitrogens with zero attached hydrogens (tertiary/aromatic N) is 2. The topological polar surface area (TPSA) is 170 Å². The third kappa shape index (κ3) is 7.02. The fourth-order valence-electron chi connectivity index (χ4n) is 1.42. The minimum absolute atomic E-state index is 0.348. The number of halogens is 1. The zero-order chi connectivity index (χ0) is 16.8. The highest BCUT2D eigenvalue weighted by atomic mass is 35.7. The van der Waals surface area contributed by atoms with E-state index in [1.807, 2.05) is 30.3 Å². The van der Waals surface area contributed by atoms with Crippen LogP contribution in [0.3, 0.4) is 0 Å². The number of aromatic nitrogens is 2. The number of benzene rings is 1. The molecule has 0 bridgehead atoms. The highest BCUT2D eigenvalue weighted by Gasteiger charge is 2.13. The van der Waals surface area contributed by atoms with E-state index in [2.05, 4.69) is 4.98 Å². The van der Waals surface area contributed by atoms with Crippen LogP contribution in [0.25, 0.3) is 0 Å². The van der Waals surface area contributed by atoms with E-state index in [0.717, 1.165) is 11.3 Å². The van der Waals surface area contributed by atoms with Gasteiger partial charge in [0, 0.05) is 6.92 Å². The van der Waals surface area contributed by atoms with E-state index < -0.39 is 10.2 Å². The van der Waals surface area contributed by atoms with E-state index >= 15 is 0 Å². The average Bonchev–Trinajstić information content (AvgIpc) is 2.41. The van der Waals surface area contributed by atoms with Crippen molar-refractivity contribution < 1.29 is 38.3 Å². The van der Waals surface area contributed by atoms with Gasteiger partial charge < -0.3 is 10.5 Å². The summed E-state index contributed by atoms with van der Waals surface area (Å²) in [6.45, 7) is 2.14. The van der Waals surface area contributed by atoms with E-state index in [-0.39, 0.29) is 0 Å². The molecule has 2 rings (SSSR count). The maximum Gasteiger partial charge on any atom is 0.320 e. The van der Waals surface area contributed by atoms with Gasteiger partial charge in [-0.25, -0.2) is 18.6 Å². The molecule has 1 heterocycles. The van der Waals surface area contributed by atoms with Crippen LogP contribution in [0.15, 0.2) is 36.5 Å². The van der Waals surface area contributed by atoms with Crippen molar-refractivity contribution in [2.45, 2.75) is 13.5 Å². The summed E-state index contributed by atoms with van der Waals surface area (Å²) in [7, 11) is -4.94. The standard InChI is InChI=1S/C12H14N4O.ClHO4/c1-9-15-12(13)10(7-16(9)14)8-17-11-5-3-2-4-6-11;2-1(3,4)5/h2-7,13H,8,14H2,1H3;(H,2,3,4,5). The van der Waals surface area contributed by atoms with E-state index in [4.69, 9.17) is 34.9 Å². The van der Waals surface area contributed by atoms with Crippen molar-refractivity contribution in [3.05, 3.63) is 47.9 Å². The van der Waals surface area contributed by atoms with Gasteiger partial charge in [-0.05, 0) is 17.1 Å². The van der Waals surface area contributed by atoms with Gasteiger partial charge in [-0.2, -0.15) is 0 Å². The maximum absolute atomic E-state index is 8.49. The SMILES string of the molecule is Cc1nc(N)c(COc2ccccc2)c[n+]1N.[O-][Cl+3]([O-])([O-])[O-]. The smallest absolute Gasteiger partial charge is 0.320 e. The van der Waals surface area contributed by atoms with Crippen molar-refractivity contribution in [1.29, 1.82) is 0 Å². The molecule has 0 spiro atoms. The van der Waals surface area contributed by atoms with Crippen molar-refractivity contribution in [1.82, 2.24) is 4.98 Å². The number of ether oxygens (including phenoxy) is 1. The molecular formula is C12H15ClN4O5. The Balaban J connectivity index is 0.000000422. The maximum atomic E-state index is 8.49. The Morgan fingerprint density at radius 2 is 1.73 bits per heavy atom. The van der Waals surface area contributed by atoms with Gasteiger partial charge >= 0.3 is 5.82 Å². The van der Waals surface area contributed by atoms with Gasteiger partial charge in [0.05, 0.1) is 5.56 Å². The van der Waals surface area contributed by atoms with E-state index in [0.29, 0.717) is 18.2 Å². The zero-order valence-corrected chi connectivity index (χ0v) is 12.4. The summed E-state index contributed by atoms with van der Waals surface area (Å²) in [6, 6.07) is 9.52. The first kappa shape index (κ1) is 17.9. The quantitative estimate of drug-likeness (QED) is 0.421. The number of aryl methyl sites for hydroxylation is 1. The summed E-state index contributed by atoms with van der Waals surface area (Å²) in [5, 5.41) is 0. The monoisotopic (exact) mass is 330 g/mol. The van der Waals surface area contributed by atoms with E-state index in [1.54, 1.807) is 13.1 Å². The van der Waals surface area contributed by atoms with Crippen LogP contribution in [0, 0.1) is 17.2 Å². The summed E-state index contributed by atoms with van der Waals surface area (Å²) >= 11 is 0. The lowest BCUT2D eigenvalue weighted by Gasteiger charge is -2.17. The fourth-order valence-corrected chi connectivity index (χ4v) is 1.42. The summed E-state index contributed by atoms with van der Waals surface area (Å²) in [5.74, 6) is 7.59. The second kappa shape index (κ2) is 7.73. The van der Waals surface area contributed by atoms with Gasteiger partial charge in [0.1, 0.15) is 18.6 Å². The first-order chi connectivity index (χ1) is 10.2. The number of anilines is 1. The van der Waals surface area contributed by atoms with Crippen molar-refractivity contribution in [2.75, 3.05) is 11.6 Å². The molecule has 0 unspecified atom stereocenters. The Kier molecular flexibility index (Phi) is 6.28. The number of nitrogen functional groups attached to an aromatic ring is 2. The van der Waals surface area contributed by atoms with E-state index in [9.17, 15) is 0 Å². The molecule has 0 atom stereocenters.